The van der Waals surface area contributed by atoms with E-state index in [0.29, 0.717) is 26.0 Å². The van der Waals surface area contributed by atoms with Gasteiger partial charge in [0.2, 0.25) is 5.76 Å². The largest absolute Gasteiger partial charge is 0.493 e. The minimum absolute atomic E-state index is 0.0272. The zero-order valence-corrected chi connectivity index (χ0v) is 22.6. The summed E-state index contributed by atoms with van der Waals surface area (Å²) in [6.45, 7) is -0.0144. The van der Waals surface area contributed by atoms with Crippen LogP contribution < -0.4 is 14.8 Å². The topological polar surface area (TPSA) is 107 Å². The van der Waals surface area contributed by atoms with Gasteiger partial charge in [-0.3, -0.25) is 9.69 Å². The number of methoxy groups -OCH3 is 2. The molecule has 4 rings (SSSR count). The molecule has 0 atom stereocenters. The molecule has 192 valence electrons. The van der Waals surface area contributed by atoms with Gasteiger partial charge in [-0.05, 0) is 79.4 Å². The summed E-state index contributed by atoms with van der Waals surface area (Å²) >= 11 is 6.98. The molecule has 2 heterocycles. The molecular weight excluding hydrogens is 619 g/mol. The molecule has 1 fully saturated rings. The second-order valence-corrected chi connectivity index (χ2v) is 9.26. The number of esters is 1. The van der Waals surface area contributed by atoms with Crippen LogP contribution in [0, 0.1) is 5.82 Å². The van der Waals surface area contributed by atoms with E-state index < -0.39 is 17.9 Å². The van der Waals surface area contributed by atoms with Gasteiger partial charge in [-0.25, -0.2) is 14.0 Å². The van der Waals surface area contributed by atoms with Crippen LogP contribution in [0.1, 0.15) is 27.4 Å². The number of hydrogen-bond acceptors (Lipinski definition) is 7. The molecule has 0 saturated carbocycles. The van der Waals surface area contributed by atoms with Crippen molar-refractivity contribution < 1.29 is 37.4 Å². The molecular formula is C25H19Br2FN2O7. The Hall–Kier alpha value is -3.64. The number of ether oxygens (including phenoxy) is 3. The standard InChI is InChI=1S/C25H19Br2FN2O7/c1-34-19-10-14(20(26)21(27)22(19)36-12-13-3-5-15(28)6-4-13)9-17-23(31)30(25(33)29-17)11-16-7-8-18(37-16)24(32)35-2/h3-10H,11-12H2,1-2H3,(H,29,33)/b17-9-. The summed E-state index contributed by atoms with van der Waals surface area (Å²) in [4.78, 5) is 38.0. The van der Waals surface area contributed by atoms with Gasteiger partial charge in [-0.1, -0.05) is 12.1 Å². The third-order valence-electron chi connectivity index (χ3n) is 5.30. The Morgan fingerprint density at radius 1 is 1.11 bits per heavy atom. The fraction of sp³-hybridized carbons (Fsp3) is 0.160. The number of hydrogen-bond donors (Lipinski definition) is 1. The van der Waals surface area contributed by atoms with Gasteiger partial charge in [0.1, 0.15) is 23.9 Å². The molecule has 12 heteroatoms. The van der Waals surface area contributed by atoms with Crippen molar-refractivity contribution in [2.45, 2.75) is 13.2 Å². The van der Waals surface area contributed by atoms with Gasteiger partial charge in [0.25, 0.3) is 5.91 Å². The van der Waals surface area contributed by atoms with Crippen LogP contribution in [0.2, 0.25) is 0 Å². The first-order valence-corrected chi connectivity index (χ1v) is 12.2. The van der Waals surface area contributed by atoms with E-state index in [1.54, 1.807) is 18.2 Å². The number of nitrogens with one attached hydrogen (secondary N) is 1. The Balaban J connectivity index is 1.55. The number of furan rings is 1. The molecule has 0 bridgehead atoms. The van der Waals surface area contributed by atoms with Crippen molar-refractivity contribution in [3.05, 3.63) is 85.6 Å². The van der Waals surface area contributed by atoms with Crippen molar-refractivity contribution in [2.75, 3.05) is 14.2 Å². The van der Waals surface area contributed by atoms with E-state index >= 15 is 0 Å². The molecule has 9 nitrogen and oxygen atoms in total. The first-order valence-electron chi connectivity index (χ1n) is 10.7. The minimum atomic E-state index is -0.668. The third-order valence-corrected chi connectivity index (χ3v) is 7.44. The predicted molar refractivity (Wildman–Crippen MR) is 136 cm³/mol. The summed E-state index contributed by atoms with van der Waals surface area (Å²) in [5, 5.41) is 2.54. The van der Waals surface area contributed by atoms with Crippen molar-refractivity contribution in [3.63, 3.8) is 0 Å². The van der Waals surface area contributed by atoms with Gasteiger partial charge in [-0.15, -0.1) is 0 Å². The average Bonchev–Trinajstić information content (AvgIpc) is 3.47. The highest BCUT2D eigenvalue weighted by Gasteiger charge is 2.34. The molecule has 1 N–H and O–H groups in total. The monoisotopic (exact) mass is 636 g/mol. The second kappa shape index (κ2) is 11.2. The third kappa shape index (κ3) is 5.70. The molecule has 3 amide bonds. The van der Waals surface area contributed by atoms with Crippen LogP contribution in [0.3, 0.4) is 0 Å². The lowest BCUT2D eigenvalue weighted by Crippen LogP contribution is -2.30. The number of carbonyl (C=O) groups excluding carboxylic acids is 3. The predicted octanol–water partition coefficient (Wildman–Crippen LogP) is 5.41. The number of halogens is 3. The average molecular weight is 638 g/mol. The number of rotatable bonds is 8. The summed E-state index contributed by atoms with van der Waals surface area (Å²) in [5.41, 5.74) is 1.31. The summed E-state index contributed by atoms with van der Waals surface area (Å²) in [5.74, 6) is -0.642. The number of benzene rings is 2. The first kappa shape index (κ1) is 26.4. The van der Waals surface area contributed by atoms with Crippen LogP contribution in [-0.2, 0) is 22.7 Å². The minimum Gasteiger partial charge on any atom is -0.493 e. The normalized spacial score (nSPS) is 14.2. The first-order chi connectivity index (χ1) is 17.7. The van der Waals surface area contributed by atoms with Crippen LogP contribution in [-0.4, -0.2) is 37.0 Å². The zero-order chi connectivity index (χ0) is 26.7. The highest BCUT2D eigenvalue weighted by atomic mass is 79.9. The van der Waals surface area contributed by atoms with Gasteiger partial charge < -0.3 is 23.9 Å². The van der Waals surface area contributed by atoms with Crippen molar-refractivity contribution in [3.8, 4) is 11.5 Å². The molecule has 37 heavy (non-hydrogen) atoms. The molecule has 0 unspecified atom stereocenters. The lowest BCUT2D eigenvalue weighted by Gasteiger charge is -2.16. The summed E-state index contributed by atoms with van der Waals surface area (Å²) < 4.78 is 35.6. The molecule has 1 aromatic heterocycles. The van der Waals surface area contributed by atoms with E-state index in [-0.39, 0.29) is 36.2 Å². The highest BCUT2D eigenvalue weighted by Crippen LogP contribution is 2.44. The number of imide groups is 1. The van der Waals surface area contributed by atoms with E-state index in [1.807, 2.05) is 0 Å². The Morgan fingerprint density at radius 2 is 1.84 bits per heavy atom. The molecule has 1 saturated heterocycles. The van der Waals surface area contributed by atoms with Crippen LogP contribution in [0.4, 0.5) is 9.18 Å². The van der Waals surface area contributed by atoms with Crippen LogP contribution in [0.5, 0.6) is 11.5 Å². The van der Waals surface area contributed by atoms with Gasteiger partial charge in [0, 0.05) is 4.47 Å². The van der Waals surface area contributed by atoms with E-state index in [1.165, 1.54) is 44.6 Å². The number of urea groups is 1. The zero-order valence-electron chi connectivity index (χ0n) is 19.5. The smallest absolute Gasteiger partial charge is 0.373 e. The van der Waals surface area contributed by atoms with Crippen molar-refractivity contribution in [1.29, 1.82) is 0 Å². The van der Waals surface area contributed by atoms with Crippen LogP contribution in [0.15, 0.2) is 61.5 Å². The molecule has 1 aliphatic rings. The van der Waals surface area contributed by atoms with Gasteiger partial charge in [-0.2, -0.15) is 0 Å². The van der Waals surface area contributed by atoms with Crippen molar-refractivity contribution in [2.24, 2.45) is 0 Å². The summed E-state index contributed by atoms with van der Waals surface area (Å²) in [6.07, 6.45) is 1.49. The Morgan fingerprint density at radius 3 is 2.51 bits per heavy atom. The van der Waals surface area contributed by atoms with Gasteiger partial charge >= 0.3 is 12.0 Å². The molecule has 2 aromatic carbocycles. The van der Waals surface area contributed by atoms with Crippen LogP contribution in [0.25, 0.3) is 6.08 Å². The molecule has 1 aliphatic heterocycles. The molecule has 0 spiro atoms. The number of amides is 3. The second-order valence-electron chi connectivity index (χ2n) is 7.68. The lowest BCUT2D eigenvalue weighted by atomic mass is 10.1. The van der Waals surface area contributed by atoms with Crippen LogP contribution >= 0.6 is 31.9 Å². The fourth-order valence-electron chi connectivity index (χ4n) is 3.43. The maximum Gasteiger partial charge on any atom is 0.373 e. The van der Waals surface area contributed by atoms with Crippen molar-refractivity contribution >= 4 is 55.8 Å². The molecule has 0 radical (unpaired) electrons. The fourth-order valence-corrected chi connectivity index (χ4v) is 4.38. The van der Waals surface area contributed by atoms with E-state index in [2.05, 4.69) is 41.9 Å². The number of nitrogens with zero attached hydrogens (tertiary/aromatic N) is 1. The van der Waals surface area contributed by atoms with Crippen molar-refractivity contribution in [1.82, 2.24) is 10.2 Å². The number of carbonyl (C=O) groups is 3. The lowest BCUT2D eigenvalue weighted by molar-refractivity contribution is -0.123. The summed E-state index contributed by atoms with van der Waals surface area (Å²) in [7, 11) is 2.68. The van der Waals surface area contributed by atoms with E-state index in [4.69, 9.17) is 13.9 Å². The highest BCUT2D eigenvalue weighted by molar-refractivity contribution is 9.13. The Labute approximate surface area is 227 Å². The van der Waals surface area contributed by atoms with E-state index in [0.717, 1.165) is 10.5 Å². The Kier molecular flexibility index (Phi) is 7.98. The maximum atomic E-state index is 13.2. The quantitative estimate of drug-likeness (QED) is 0.200. The maximum absolute atomic E-state index is 13.2. The van der Waals surface area contributed by atoms with Gasteiger partial charge in [0.05, 0.1) is 25.2 Å². The summed E-state index contributed by atoms with van der Waals surface area (Å²) in [6, 6.07) is 9.79. The Bertz CT molecular complexity index is 1400. The molecule has 0 aliphatic carbocycles. The molecule has 3 aromatic rings. The van der Waals surface area contributed by atoms with E-state index in [9.17, 15) is 18.8 Å². The SMILES string of the molecule is COC(=O)c1ccc(CN2C(=O)N/C(=C\c3cc(OC)c(OCc4ccc(F)cc4)c(Br)c3Br)C2=O)o1. The van der Waals surface area contributed by atoms with Gasteiger partial charge in [0.15, 0.2) is 11.5 Å².